The summed E-state index contributed by atoms with van der Waals surface area (Å²) in [7, 11) is 0. The summed E-state index contributed by atoms with van der Waals surface area (Å²) in [5, 5.41) is 19.7. The van der Waals surface area contributed by atoms with Crippen molar-refractivity contribution in [2.75, 3.05) is 26.2 Å². The molecule has 1 amide bonds. The number of rotatable bonds is 9. The van der Waals surface area contributed by atoms with Crippen molar-refractivity contribution in [1.29, 1.82) is 0 Å². The van der Waals surface area contributed by atoms with E-state index in [1.807, 2.05) is 47.1 Å². The van der Waals surface area contributed by atoms with Gasteiger partial charge in [-0.2, -0.15) is 0 Å². The highest BCUT2D eigenvalue weighted by molar-refractivity contribution is 5.91. The lowest BCUT2D eigenvalue weighted by molar-refractivity contribution is 0.0946. The minimum Gasteiger partial charge on any atom is -0.457 e. The van der Waals surface area contributed by atoms with Crippen LogP contribution in [0.5, 0.6) is 11.5 Å². The number of carbonyl (C=O) groups is 1. The molecule has 1 fully saturated rings. The van der Waals surface area contributed by atoms with E-state index in [9.17, 15) is 4.79 Å². The molecule has 0 radical (unpaired) electrons. The highest BCUT2D eigenvalue weighted by Gasteiger charge is 2.23. The Morgan fingerprint density at radius 2 is 1.88 bits per heavy atom. The van der Waals surface area contributed by atoms with Crippen molar-refractivity contribution in [2.24, 2.45) is 0 Å². The smallest absolute Gasteiger partial charge is 0.273 e. The number of nitrogens with zero attached hydrogens (tertiary/aromatic N) is 4. The SMILES string of the molecule is O=C(NCCCO)c1cn(C2CCN(Cc3cccc(Oc4ccccc4)c3)CC2)nn1. The van der Waals surface area contributed by atoms with Crippen molar-refractivity contribution >= 4 is 5.91 Å². The Labute approximate surface area is 187 Å². The number of hydrogen-bond donors (Lipinski definition) is 2. The number of amides is 1. The van der Waals surface area contributed by atoms with Gasteiger partial charge in [0.05, 0.1) is 12.2 Å². The van der Waals surface area contributed by atoms with Gasteiger partial charge >= 0.3 is 0 Å². The first kappa shape index (κ1) is 22.0. The summed E-state index contributed by atoms with van der Waals surface area (Å²) < 4.78 is 7.77. The summed E-state index contributed by atoms with van der Waals surface area (Å²) >= 11 is 0. The Kier molecular flexibility index (Phi) is 7.47. The molecular formula is C24H29N5O3. The number of carbonyl (C=O) groups excluding carboxylic acids is 1. The van der Waals surface area contributed by atoms with Crippen LogP contribution in [0.4, 0.5) is 0 Å². The number of ether oxygens (including phenoxy) is 1. The van der Waals surface area contributed by atoms with Gasteiger partial charge in [-0.3, -0.25) is 9.69 Å². The summed E-state index contributed by atoms with van der Waals surface area (Å²) in [5.74, 6) is 1.43. The fourth-order valence-electron chi connectivity index (χ4n) is 3.86. The monoisotopic (exact) mass is 435 g/mol. The van der Waals surface area contributed by atoms with E-state index in [1.165, 1.54) is 5.56 Å². The van der Waals surface area contributed by atoms with E-state index in [2.05, 4.69) is 32.7 Å². The number of aliphatic hydroxyl groups excluding tert-OH is 1. The number of para-hydroxylation sites is 1. The molecule has 0 unspecified atom stereocenters. The van der Waals surface area contributed by atoms with Gasteiger partial charge in [0, 0.05) is 32.8 Å². The van der Waals surface area contributed by atoms with Crippen molar-refractivity contribution in [1.82, 2.24) is 25.2 Å². The van der Waals surface area contributed by atoms with Gasteiger partial charge in [-0.25, -0.2) is 4.68 Å². The predicted octanol–water partition coefficient (Wildman–Crippen LogP) is 3.02. The largest absolute Gasteiger partial charge is 0.457 e. The van der Waals surface area contributed by atoms with E-state index in [0.717, 1.165) is 44.0 Å². The maximum absolute atomic E-state index is 12.1. The average molecular weight is 436 g/mol. The Morgan fingerprint density at radius 1 is 1.09 bits per heavy atom. The fourth-order valence-corrected chi connectivity index (χ4v) is 3.86. The zero-order chi connectivity index (χ0) is 22.2. The second-order valence-corrected chi connectivity index (χ2v) is 7.99. The van der Waals surface area contributed by atoms with Crippen LogP contribution in [-0.2, 0) is 6.54 Å². The minimum absolute atomic E-state index is 0.0515. The van der Waals surface area contributed by atoms with Crippen LogP contribution in [-0.4, -0.2) is 57.1 Å². The van der Waals surface area contributed by atoms with E-state index < -0.39 is 0 Å². The Bertz CT molecular complexity index is 1000. The third-order valence-corrected chi connectivity index (χ3v) is 5.58. The molecular weight excluding hydrogens is 406 g/mol. The van der Waals surface area contributed by atoms with Crippen LogP contribution in [0.25, 0.3) is 0 Å². The van der Waals surface area contributed by atoms with Crippen molar-refractivity contribution in [3.05, 3.63) is 72.1 Å². The first-order chi connectivity index (χ1) is 15.7. The Balaban J connectivity index is 1.27. The molecule has 168 valence electrons. The van der Waals surface area contributed by atoms with Crippen LogP contribution < -0.4 is 10.1 Å². The van der Waals surface area contributed by atoms with Gasteiger partial charge in [-0.15, -0.1) is 5.10 Å². The van der Waals surface area contributed by atoms with Gasteiger partial charge in [0.25, 0.3) is 5.91 Å². The van der Waals surface area contributed by atoms with Gasteiger partial charge in [0.15, 0.2) is 5.69 Å². The Morgan fingerprint density at radius 3 is 2.66 bits per heavy atom. The van der Waals surface area contributed by atoms with Crippen molar-refractivity contribution < 1.29 is 14.6 Å². The number of likely N-dealkylation sites (tertiary alicyclic amines) is 1. The molecule has 1 aliphatic heterocycles. The summed E-state index contributed by atoms with van der Waals surface area (Å²) in [6, 6.07) is 18.3. The lowest BCUT2D eigenvalue weighted by Crippen LogP contribution is -2.34. The molecule has 0 atom stereocenters. The molecule has 0 aliphatic carbocycles. The van der Waals surface area contributed by atoms with Crippen LogP contribution in [0, 0.1) is 0 Å². The molecule has 0 spiro atoms. The maximum Gasteiger partial charge on any atom is 0.273 e. The highest BCUT2D eigenvalue weighted by atomic mass is 16.5. The van der Waals surface area contributed by atoms with Crippen LogP contribution in [0.15, 0.2) is 60.8 Å². The molecule has 4 rings (SSSR count). The second-order valence-electron chi connectivity index (χ2n) is 7.99. The summed E-state index contributed by atoms with van der Waals surface area (Å²) in [4.78, 5) is 14.5. The van der Waals surface area contributed by atoms with E-state index >= 15 is 0 Å². The fraction of sp³-hybridized carbons (Fsp3) is 0.375. The maximum atomic E-state index is 12.1. The summed E-state index contributed by atoms with van der Waals surface area (Å²) in [6.45, 7) is 3.25. The number of aromatic nitrogens is 3. The van der Waals surface area contributed by atoms with Gasteiger partial charge in [-0.05, 0) is 49.1 Å². The Hall–Kier alpha value is -3.23. The predicted molar refractivity (Wildman–Crippen MR) is 121 cm³/mol. The molecule has 3 aromatic rings. The number of nitrogens with one attached hydrogen (secondary N) is 1. The normalized spacial score (nSPS) is 14.9. The third kappa shape index (κ3) is 5.93. The van der Waals surface area contributed by atoms with Gasteiger partial charge in [0.2, 0.25) is 0 Å². The van der Waals surface area contributed by atoms with Crippen LogP contribution in [0.1, 0.15) is 41.4 Å². The van der Waals surface area contributed by atoms with Crippen LogP contribution in [0.3, 0.4) is 0 Å². The van der Waals surface area contributed by atoms with E-state index in [1.54, 1.807) is 6.20 Å². The standard InChI is InChI=1S/C24H29N5O3/c30-15-5-12-25-24(31)23-18-29(27-26-23)20-10-13-28(14-11-20)17-19-6-4-9-22(16-19)32-21-7-2-1-3-8-21/h1-4,6-9,16,18,20,30H,5,10-15,17H2,(H,25,31). The van der Waals surface area contributed by atoms with Gasteiger partial charge < -0.3 is 15.2 Å². The zero-order valence-corrected chi connectivity index (χ0v) is 18.1. The van der Waals surface area contributed by atoms with Gasteiger partial charge in [-0.1, -0.05) is 35.5 Å². The lowest BCUT2D eigenvalue weighted by Gasteiger charge is -2.31. The van der Waals surface area contributed by atoms with Crippen LogP contribution in [0.2, 0.25) is 0 Å². The third-order valence-electron chi connectivity index (χ3n) is 5.58. The number of aliphatic hydroxyl groups is 1. The molecule has 32 heavy (non-hydrogen) atoms. The topological polar surface area (TPSA) is 92.5 Å². The molecule has 0 saturated carbocycles. The highest BCUT2D eigenvalue weighted by Crippen LogP contribution is 2.25. The van der Waals surface area contributed by atoms with Crippen molar-refractivity contribution in [3.8, 4) is 11.5 Å². The van der Waals surface area contributed by atoms with E-state index in [-0.39, 0.29) is 18.6 Å². The number of piperidine rings is 1. The lowest BCUT2D eigenvalue weighted by atomic mass is 10.0. The number of benzene rings is 2. The van der Waals surface area contributed by atoms with E-state index in [4.69, 9.17) is 9.84 Å². The summed E-state index contributed by atoms with van der Waals surface area (Å²) in [5.41, 5.74) is 1.54. The number of hydrogen-bond acceptors (Lipinski definition) is 6. The first-order valence-corrected chi connectivity index (χ1v) is 11.1. The average Bonchev–Trinajstić information content (AvgIpc) is 3.31. The van der Waals surface area contributed by atoms with Crippen LogP contribution >= 0.6 is 0 Å². The molecule has 1 saturated heterocycles. The molecule has 1 aromatic heterocycles. The molecule has 2 aromatic carbocycles. The molecule has 0 bridgehead atoms. The van der Waals surface area contributed by atoms with Crippen molar-refractivity contribution in [2.45, 2.75) is 31.8 Å². The summed E-state index contributed by atoms with van der Waals surface area (Å²) in [6.07, 6.45) is 4.16. The first-order valence-electron chi connectivity index (χ1n) is 11.1. The molecule has 2 N–H and O–H groups in total. The van der Waals surface area contributed by atoms with Crippen molar-refractivity contribution in [3.63, 3.8) is 0 Å². The molecule has 2 heterocycles. The minimum atomic E-state index is -0.250. The zero-order valence-electron chi connectivity index (χ0n) is 18.1. The quantitative estimate of drug-likeness (QED) is 0.502. The van der Waals surface area contributed by atoms with E-state index in [0.29, 0.717) is 18.7 Å². The molecule has 1 aliphatic rings. The molecule has 8 nitrogen and oxygen atoms in total. The second kappa shape index (κ2) is 10.9. The van der Waals surface area contributed by atoms with Gasteiger partial charge in [0.1, 0.15) is 11.5 Å². The molecule has 8 heteroatoms.